The summed E-state index contributed by atoms with van der Waals surface area (Å²) in [6, 6.07) is 12.9. The van der Waals surface area contributed by atoms with Crippen molar-refractivity contribution in [3.8, 4) is 11.5 Å². The molecule has 2 aliphatic heterocycles. The molecule has 0 radical (unpaired) electrons. The number of aliphatic hydroxyl groups is 1. The lowest BCUT2D eigenvalue weighted by atomic mass is 9.99. The molecule has 0 aromatic heterocycles. The van der Waals surface area contributed by atoms with Crippen LogP contribution in [0.5, 0.6) is 11.5 Å². The van der Waals surface area contributed by atoms with Gasteiger partial charge in [0.2, 0.25) is 15.9 Å². The number of nitrogens with zero attached hydrogens (tertiary/aromatic N) is 3. The largest absolute Gasteiger partial charge is 0.486 e. The van der Waals surface area contributed by atoms with Gasteiger partial charge in [0.25, 0.3) is 5.91 Å². The molecule has 2 atom stereocenters. The van der Waals surface area contributed by atoms with E-state index in [1.807, 2.05) is 62.9 Å². The van der Waals surface area contributed by atoms with E-state index in [1.165, 1.54) is 21.4 Å². The van der Waals surface area contributed by atoms with E-state index in [0.29, 0.717) is 24.7 Å². The summed E-state index contributed by atoms with van der Waals surface area (Å²) < 4.78 is 40.6. The third-order valence-corrected chi connectivity index (χ3v) is 9.66. The number of likely N-dealkylation sites (tertiary alicyclic amines) is 1. The Balaban J connectivity index is 1.66. The van der Waals surface area contributed by atoms with Crippen molar-refractivity contribution in [3.63, 3.8) is 0 Å². The molecule has 2 aromatic rings. The van der Waals surface area contributed by atoms with Crippen molar-refractivity contribution in [2.45, 2.75) is 70.4 Å². The molecule has 12 heteroatoms. The predicted molar refractivity (Wildman–Crippen MR) is 171 cm³/mol. The second-order valence-electron chi connectivity index (χ2n) is 12.7. The zero-order chi connectivity index (χ0) is 32.6. The Kier molecular flexibility index (Phi) is 12.2. The molecular weight excluding hydrogens is 596 g/mol. The zero-order valence-electron chi connectivity index (χ0n) is 26.9. The van der Waals surface area contributed by atoms with Gasteiger partial charge < -0.3 is 14.6 Å². The number of carbonyl (C=O) groups excluding carboxylic acids is 2. The van der Waals surface area contributed by atoms with Crippen LogP contribution in [-0.4, -0.2) is 97.6 Å². The number of hydrogen-bond donors (Lipinski definition) is 2. The van der Waals surface area contributed by atoms with Gasteiger partial charge in [-0.2, -0.15) is 4.31 Å². The SMILES string of the molecule is CC(C)CC(=O)N(NC(=O)CN1CCCC1)[C@@H](Cc1ccccc1)[C@H](O)CN(CC(C)C)S(=O)(=O)c1ccc2c(c1)OCCO2. The number of rotatable bonds is 14. The molecule has 0 spiro atoms. The van der Waals surface area contributed by atoms with E-state index in [4.69, 9.17) is 9.47 Å². The highest BCUT2D eigenvalue weighted by molar-refractivity contribution is 7.89. The van der Waals surface area contributed by atoms with Crippen molar-refractivity contribution in [1.82, 2.24) is 19.6 Å². The number of carbonyl (C=O) groups is 2. The van der Waals surface area contributed by atoms with E-state index in [9.17, 15) is 23.1 Å². The van der Waals surface area contributed by atoms with Crippen LogP contribution in [0.4, 0.5) is 0 Å². The van der Waals surface area contributed by atoms with Gasteiger partial charge in [-0.15, -0.1) is 0 Å². The number of amides is 2. The molecule has 248 valence electrons. The van der Waals surface area contributed by atoms with Crippen LogP contribution in [0.2, 0.25) is 0 Å². The van der Waals surface area contributed by atoms with Crippen molar-refractivity contribution in [3.05, 3.63) is 54.1 Å². The van der Waals surface area contributed by atoms with Crippen molar-refractivity contribution in [1.29, 1.82) is 0 Å². The second-order valence-corrected chi connectivity index (χ2v) is 14.7. The van der Waals surface area contributed by atoms with E-state index in [-0.39, 0.29) is 61.0 Å². The van der Waals surface area contributed by atoms with E-state index < -0.39 is 22.2 Å². The van der Waals surface area contributed by atoms with Gasteiger partial charge in [0, 0.05) is 25.6 Å². The van der Waals surface area contributed by atoms with Gasteiger partial charge in [-0.3, -0.25) is 19.9 Å². The molecular formula is C33H48N4O7S. The van der Waals surface area contributed by atoms with Gasteiger partial charge in [0.1, 0.15) is 13.2 Å². The fourth-order valence-electron chi connectivity index (χ4n) is 5.69. The monoisotopic (exact) mass is 644 g/mol. The van der Waals surface area contributed by atoms with Gasteiger partial charge >= 0.3 is 0 Å². The average molecular weight is 645 g/mol. The highest BCUT2D eigenvalue weighted by Gasteiger charge is 2.36. The minimum absolute atomic E-state index is 0.00183. The fourth-order valence-corrected chi connectivity index (χ4v) is 7.33. The zero-order valence-corrected chi connectivity index (χ0v) is 27.7. The van der Waals surface area contributed by atoms with E-state index >= 15 is 0 Å². The molecule has 45 heavy (non-hydrogen) atoms. The number of hydrogen-bond acceptors (Lipinski definition) is 8. The molecule has 0 saturated carbocycles. The Bertz CT molecular complexity index is 1380. The third kappa shape index (κ3) is 9.65. The van der Waals surface area contributed by atoms with E-state index in [2.05, 4.69) is 5.43 Å². The summed E-state index contributed by atoms with van der Waals surface area (Å²) in [4.78, 5) is 29.0. The molecule has 0 bridgehead atoms. The molecule has 0 aliphatic carbocycles. The molecule has 2 heterocycles. The van der Waals surface area contributed by atoms with Gasteiger partial charge in [-0.05, 0) is 61.9 Å². The molecule has 11 nitrogen and oxygen atoms in total. The minimum atomic E-state index is -4.09. The summed E-state index contributed by atoms with van der Waals surface area (Å²) in [6.07, 6.45) is 1.05. The van der Waals surface area contributed by atoms with Gasteiger partial charge in [-0.1, -0.05) is 58.0 Å². The number of hydrazine groups is 1. The summed E-state index contributed by atoms with van der Waals surface area (Å²) in [6.45, 7) is 9.92. The normalized spacial score (nSPS) is 16.6. The van der Waals surface area contributed by atoms with Crippen LogP contribution >= 0.6 is 0 Å². The van der Waals surface area contributed by atoms with Crippen LogP contribution in [0.1, 0.15) is 52.5 Å². The van der Waals surface area contributed by atoms with E-state index in [1.54, 1.807) is 6.07 Å². The van der Waals surface area contributed by atoms with Crippen LogP contribution in [0.25, 0.3) is 0 Å². The molecule has 1 fully saturated rings. The van der Waals surface area contributed by atoms with Gasteiger partial charge in [-0.25, -0.2) is 13.4 Å². The number of sulfonamides is 1. The molecule has 2 aliphatic rings. The number of ether oxygens (including phenoxy) is 2. The lowest BCUT2D eigenvalue weighted by Gasteiger charge is -2.37. The van der Waals surface area contributed by atoms with Crippen LogP contribution in [0.15, 0.2) is 53.4 Å². The number of benzene rings is 2. The maximum absolute atomic E-state index is 14.1. The Morgan fingerprint density at radius 1 is 0.933 bits per heavy atom. The Labute approximate surface area is 267 Å². The third-order valence-electron chi connectivity index (χ3n) is 7.84. The summed E-state index contributed by atoms with van der Waals surface area (Å²) in [7, 11) is -4.09. The standard InChI is InChI=1S/C33H48N4O7S/c1-24(2)18-33(40)37(34-32(39)23-35-14-8-9-15-35)28(19-26-10-6-5-7-11-26)29(38)22-36(21-25(3)4)45(41,42)27-12-13-30-31(20-27)44-17-16-43-30/h5-7,10-13,20,24-25,28-29,38H,8-9,14-19,21-23H2,1-4H3,(H,34,39)/t28-,29+/m0/s1. The van der Waals surface area contributed by atoms with Gasteiger partial charge in [0.15, 0.2) is 11.5 Å². The van der Waals surface area contributed by atoms with Crippen LogP contribution in [0, 0.1) is 11.8 Å². The quantitative estimate of drug-likeness (QED) is 0.301. The summed E-state index contributed by atoms with van der Waals surface area (Å²) in [5.74, 6) is 0.0729. The lowest BCUT2D eigenvalue weighted by molar-refractivity contribution is -0.148. The van der Waals surface area contributed by atoms with Crippen molar-refractivity contribution >= 4 is 21.8 Å². The molecule has 2 aromatic carbocycles. The van der Waals surface area contributed by atoms with E-state index in [0.717, 1.165) is 31.5 Å². The lowest BCUT2D eigenvalue weighted by Crippen LogP contribution is -2.60. The first-order valence-corrected chi connectivity index (χ1v) is 17.3. The summed E-state index contributed by atoms with van der Waals surface area (Å²) in [5, 5.41) is 13.2. The smallest absolute Gasteiger partial charge is 0.252 e. The maximum Gasteiger partial charge on any atom is 0.252 e. The van der Waals surface area contributed by atoms with Crippen LogP contribution < -0.4 is 14.9 Å². The van der Waals surface area contributed by atoms with Gasteiger partial charge in [0.05, 0.1) is 23.6 Å². The van der Waals surface area contributed by atoms with Crippen molar-refractivity contribution < 1.29 is 32.6 Å². The van der Waals surface area contributed by atoms with Crippen LogP contribution in [-0.2, 0) is 26.0 Å². The topological polar surface area (TPSA) is 129 Å². The number of nitrogens with one attached hydrogen (secondary N) is 1. The second kappa shape index (κ2) is 15.9. The summed E-state index contributed by atoms with van der Waals surface area (Å²) in [5.41, 5.74) is 3.65. The van der Waals surface area contributed by atoms with Crippen molar-refractivity contribution in [2.24, 2.45) is 11.8 Å². The predicted octanol–water partition coefficient (Wildman–Crippen LogP) is 3.08. The fraction of sp³-hybridized carbons (Fsp3) is 0.576. The van der Waals surface area contributed by atoms with Crippen LogP contribution in [0.3, 0.4) is 0 Å². The maximum atomic E-state index is 14.1. The van der Waals surface area contributed by atoms with Crippen molar-refractivity contribution in [2.75, 3.05) is 45.9 Å². The molecule has 2 amide bonds. The Hall–Kier alpha value is -3.19. The number of fused-ring (bicyclic) bond motifs is 1. The first-order chi connectivity index (χ1) is 21.4. The highest BCUT2D eigenvalue weighted by atomic mass is 32.2. The Morgan fingerprint density at radius 3 is 2.24 bits per heavy atom. The molecule has 0 unspecified atom stereocenters. The minimum Gasteiger partial charge on any atom is -0.486 e. The highest BCUT2D eigenvalue weighted by Crippen LogP contribution is 2.33. The first kappa shape index (κ1) is 34.7. The average Bonchev–Trinajstić information content (AvgIpc) is 3.51. The number of aliphatic hydroxyl groups excluding tert-OH is 1. The summed E-state index contributed by atoms with van der Waals surface area (Å²) >= 11 is 0. The Morgan fingerprint density at radius 2 is 1.60 bits per heavy atom. The molecule has 1 saturated heterocycles. The first-order valence-electron chi connectivity index (χ1n) is 15.9. The molecule has 2 N–H and O–H groups in total. The molecule has 4 rings (SSSR count).